The van der Waals surface area contributed by atoms with Gasteiger partial charge < -0.3 is 14.8 Å². The molecule has 72 valence electrons. The average molecular weight is 194 g/mol. The van der Waals surface area contributed by atoms with Gasteiger partial charge in [-0.15, -0.1) is 0 Å². The molecule has 0 spiro atoms. The normalized spacial score (nSPS) is 12.8. The molecule has 0 heterocycles. The number of hydrogen-bond donors (Lipinski definition) is 2. The summed E-state index contributed by atoms with van der Waals surface area (Å²) in [6, 6.07) is 0. The Labute approximate surface area is 72.4 Å². The van der Waals surface area contributed by atoms with Crippen LogP contribution in [0.4, 0.5) is 0 Å². The second kappa shape index (κ2) is 7.32. The summed E-state index contributed by atoms with van der Waals surface area (Å²) < 4.78 is 11.0. The molecule has 12 heavy (non-hydrogen) atoms. The molecule has 0 fully saturated rings. The lowest BCUT2D eigenvalue weighted by atomic mass is 10.3. The van der Waals surface area contributed by atoms with Gasteiger partial charge in [-0.2, -0.15) is 0 Å². The van der Waals surface area contributed by atoms with Gasteiger partial charge in [-0.25, -0.2) is 0 Å². The van der Waals surface area contributed by atoms with Crippen LogP contribution in [0.15, 0.2) is 0 Å². The van der Waals surface area contributed by atoms with Crippen molar-refractivity contribution < 1.29 is 19.6 Å². The molecule has 0 saturated carbocycles. The summed E-state index contributed by atoms with van der Waals surface area (Å²) in [5.41, 5.74) is 0. The number of rotatable bonds is 7. The van der Waals surface area contributed by atoms with Gasteiger partial charge in [0.1, 0.15) is 0 Å². The Morgan fingerprint density at radius 2 is 1.92 bits per heavy atom. The summed E-state index contributed by atoms with van der Waals surface area (Å²) in [5.74, 6) is -0.985. The first kappa shape index (κ1) is 11.7. The van der Waals surface area contributed by atoms with Gasteiger partial charge in [0.2, 0.25) is 0 Å². The van der Waals surface area contributed by atoms with Crippen LogP contribution in [0.25, 0.3) is 0 Å². The number of carboxylic acid groups (broad SMARTS) is 1. The maximum Gasteiger partial charge on any atom is 0.310 e. The molecular formula is C7H15O4P. The van der Waals surface area contributed by atoms with Gasteiger partial charge in [0, 0.05) is 6.61 Å². The van der Waals surface area contributed by atoms with Crippen molar-refractivity contribution in [2.45, 2.75) is 19.3 Å². The molecule has 0 aliphatic heterocycles. The third-order valence-corrected chi connectivity index (χ3v) is 3.07. The SMILES string of the molecule is O=C(O)C[PH](=O)CCCCCO. The molecule has 5 heteroatoms. The fourth-order valence-corrected chi connectivity index (χ4v) is 2.03. The van der Waals surface area contributed by atoms with E-state index in [-0.39, 0.29) is 12.8 Å². The maximum absolute atomic E-state index is 11.0. The van der Waals surface area contributed by atoms with Crippen molar-refractivity contribution in [2.24, 2.45) is 0 Å². The first-order valence-corrected chi connectivity index (χ1v) is 5.83. The van der Waals surface area contributed by atoms with E-state index in [2.05, 4.69) is 0 Å². The van der Waals surface area contributed by atoms with Gasteiger partial charge in [0.05, 0.1) is 14.0 Å². The predicted molar refractivity (Wildman–Crippen MR) is 47.3 cm³/mol. The van der Waals surface area contributed by atoms with Gasteiger partial charge in [0.25, 0.3) is 0 Å². The van der Waals surface area contributed by atoms with Crippen molar-refractivity contribution in [1.29, 1.82) is 0 Å². The van der Waals surface area contributed by atoms with Gasteiger partial charge in [-0.1, -0.05) is 6.42 Å². The molecule has 2 N–H and O–H groups in total. The number of aliphatic hydroxyl groups is 1. The van der Waals surface area contributed by atoms with Crippen molar-refractivity contribution in [3.63, 3.8) is 0 Å². The molecule has 0 aromatic heterocycles. The van der Waals surface area contributed by atoms with E-state index in [9.17, 15) is 9.36 Å². The summed E-state index contributed by atoms with van der Waals surface area (Å²) in [6.45, 7) is 0.153. The van der Waals surface area contributed by atoms with E-state index >= 15 is 0 Å². The number of aliphatic hydroxyl groups excluding tert-OH is 1. The van der Waals surface area contributed by atoms with Crippen LogP contribution >= 0.6 is 7.80 Å². The Morgan fingerprint density at radius 3 is 2.42 bits per heavy atom. The summed E-state index contributed by atoms with van der Waals surface area (Å²) >= 11 is 0. The number of carbonyl (C=O) groups is 1. The minimum absolute atomic E-state index is 0.153. The van der Waals surface area contributed by atoms with E-state index in [1.165, 1.54) is 0 Å². The largest absolute Gasteiger partial charge is 0.481 e. The van der Waals surface area contributed by atoms with E-state index in [4.69, 9.17) is 10.2 Å². The molecule has 0 rings (SSSR count). The Bertz CT molecular complexity index is 157. The number of carboxylic acids is 1. The molecule has 0 aliphatic carbocycles. The molecule has 1 atom stereocenters. The number of hydrogen-bond acceptors (Lipinski definition) is 3. The van der Waals surface area contributed by atoms with Crippen LogP contribution in [-0.4, -0.2) is 35.1 Å². The van der Waals surface area contributed by atoms with Crippen molar-refractivity contribution in [3.8, 4) is 0 Å². The third kappa shape index (κ3) is 7.76. The fourth-order valence-electron chi connectivity index (χ4n) is 0.868. The molecular weight excluding hydrogens is 179 g/mol. The van der Waals surface area contributed by atoms with Crippen LogP contribution in [0.2, 0.25) is 0 Å². The minimum atomic E-state index is -1.90. The molecule has 0 bridgehead atoms. The van der Waals surface area contributed by atoms with Crippen LogP contribution in [0.1, 0.15) is 19.3 Å². The smallest absolute Gasteiger partial charge is 0.310 e. The maximum atomic E-state index is 11.0. The Morgan fingerprint density at radius 1 is 1.25 bits per heavy atom. The second-order valence-corrected chi connectivity index (χ2v) is 4.57. The number of unbranched alkanes of at least 4 members (excludes halogenated alkanes) is 2. The molecule has 0 saturated heterocycles. The lowest BCUT2D eigenvalue weighted by Gasteiger charge is -1.97. The highest BCUT2D eigenvalue weighted by molar-refractivity contribution is 7.45. The summed E-state index contributed by atoms with van der Waals surface area (Å²) in [6.07, 6.45) is 2.60. The van der Waals surface area contributed by atoms with Crippen LogP contribution in [0.3, 0.4) is 0 Å². The highest BCUT2D eigenvalue weighted by Crippen LogP contribution is 2.21. The monoisotopic (exact) mass is 194 g/mol. The van der Waals surface area contributed by atoms with Crippen molar-refractivity contribution in [1.82, 2.24) is 0 Å². The van der Waals surface area contributed by atoms with E-state index in [0.717, 1.165) is 12.8 Å². The van der Waals surface area contributed by atoms with Crippen LogP contribution < -0.4 is 0 Å². The van der Waals surface area contributed by atoms with E-state index in [1.807, 2.05) is 0 Å². The fraction of sp³-hybridized carbons (Fsp3) is 0.857. The first-order valence-electron chi connectivity index (χ1n) is 4.01. The Hall–Kier alpha value is -0.340. The molecule has 0 aliphatic rings. The molecule has 0 aromatic rings. The van der Waals surface area contributed by atoms with Crippen molar-refractivity contribution >= 4 is 13.8 Å². The van der Waals surface area contributed by atoms with Crippen molar-refractivity contribution in [2.75, 3.05) is 18.9 Å². The molecule has 0 aromatic carbocycles. The average Bonchev–Trinajstić information content (AvgIpc) is 1.97. The summed E-state index contributed by atoms with van der Waals surface area (Å²) in [5, 5.41) is 16.7. The first-order chi connectivity index (χ1) is 5.66. The van der Waals surface area contributed by atoms with Gasteiger partial charge >= 0.3 is 5.97 Å². The number of aliphatic carboxylic acids is 1. The standard InChI is InChI=1S/C7H15O4P/c8-4-2-1-3-5-12(11)6-7(9)10/h8,12H,1-6H2,(H,9,10). The molecule has 4 nitrogen and oxygen atoms in total. The van der Waals surface area contributed by atoms with E-state index < -0.39 is 13.8 Å². The van der Waals surface area contributed by atoms with Gasteiger partial charge in [-0.05, 0) is 19.0 Å². The zero-order valence-corrected chi connectivity index (χ0v) is 7.95. The van der Waals surface area contributed by atoms with Crippen LogP contribution in [-0.2, 0) is 9.36 Å². The molecule has 0 amide bonds. The third-order valence-electron chi connectivity index (χ3n) is 1.46. The van der Waals surface area contributed by atoms with Crippen LogP contribution in [0.5, 0.6) is 0 Å². The highest BCUT2D eigenvalue weighted by Gasteiger charge is 2.04. The Kier molecular flexibility index (Phi) is 7.11. The highest BCUT2D eigenvalue weighted by atomic mass is 31.1. The molecule has 1 unspecified atom stereocenters. The van der Waals surface area contributed by atoms with Crippen LogP contribution in [0, 0.1) is 0 Å². The Balaban J connectivity index is 3.26. The van der Waals surface area contributed by atoms with Crippen molar-refractivity contribution in [3.05, 3.63) is 0 Å². The summed E-state index contributed by atoms with van der Waals surface area (Å²) in [7, 11) is -1.90. The van der Waals surface area contributed by atoms with E-state index in [1.54, 1.807) is 0 Å². The predicted octanol–water partition coefficient (Wildman–Crippen LogP) is 0.793. The zero-order chi connectivity index (χ0) is 9.40. The van der Waals surface area contributed by atoms with E-state index in [0.29, 0.717) is 12.6 Å². The topological polar surface area (TPSA) is 74.6 Å². The summed E-state index contributed by atoms with van der Waals surface area (Å²) in [4.78, 5) is 10.1. The van der Waals surface area contributed by atoms with Gasteiger partial charge in [-0.3, -0.25) is 4.79 Å². The lowest BCUT2D eigenvalue weighted by molar-refractivity contribution is -0.134. The lowest BCUT2D eigenvalue weighted by Crippen LogP contribution is -1.99. The second-order valence-electron chi connectivity index (χ2n) is 2.64. The van der Waals surface area contributed by atoms with Gasteiger partial charge in [0.15, 0.2) is 0 Å². The zero-order valence-electron chi connectivity index (χ0n) is 6.95. The molecule has 0 radical (unpaired) electrons. The minimum Gasteiger partial charge on any atom is -0.481 e. The quantitative estimate of drug-likeness (QED) is 0.464.